The molecule has 0 aliphatic heterocycles. The minimum Gasteiger partial charge on any atom is -0.471 e. The number of anilines is 9. The first-order valence-electron chi connectivity index (χ1n) is 21.2. The van der Waals surface area contributed by atoms with Crippen molar-refractivity contribution in [2.75, 3.05) is 14.7 Å². The minimum atomic E-state index is -0.204. The van der Waals surface area contributed by atoms with E-state index in [1.165, 1.54) is 11.1 Å². The fourth-order valence-electron chi connectivity index (χ4n) is 7.89. The Morgan fingerprint density at radius 2 is 0.721 bits per heavy atom. The second-order valence-electron chi connectivity index (χ2n) is 19.1. The summed E-state index contributed by atoms with van der Waals surface area (Å²) in [6, 6.07) is 58.8. The van der Waals surface area contributed by atoms with Gasteiger partial charge >= 0.3 is 0 Å². The summed E-state index contributed by atoms with van der Waals surface area (Å²) in [5.74, 6) is 0. The van der Waals surface area contributed by atoms with E-state index in [9.17, 15) is 0 Å². The van der Waals surface area contributed by atoms with E-state index in [4.69, 9.17) is 16.0 Å². The zero-order chi connectivity index (χ0) is 43.1. The highest BCUT2D eigenvalue weighted by atomic mass is 35.5. The highest BCUT2D eigenvalue weighted by Gasteiger charge is 2.28. The van der Waals surface area contributed by atoms with Crippen LogP contribution in [-0.4, -0.2) is 0 Å². The van der Waals surface area contributed by atoms with Crippen LogP contribution in [0.4, 0.5) is 51.2 Å². The first-order valence-corrected chi connectivity index (χ1v) is 21.6. The summed E-state index contributed by atoms with van der Waals surface area (Å²) in [7, 11) is 0. The van der Waals surface area contributed by atoms with Gasteiger partial charge in [0, 0.05) is 50.6 Å². The second kappa shape index (κ2) is 16.3. The van der Waals surface area contributed by atoms with Gasteiger partial charge in [-0.25, -0.2) is 0 Å². The molecule has 0 fully saturated rings. The Balaban J connectivity index is 1.34. The smallest absolute Gasteiger partial charge is 0.0982 e. The van der Waals surface area contributed by atoms with Gasteiger partial charge in [0.2, 0.25) is 0 Å². The van der Waals surface area contributed by atoms with Gasteiger partial charge in [0.1, 0.15) is 0 Å². The molecule has 8 rings (SSSR count). The number of hydrogen-bond acceptors (Lipinski definition) is 4. The monoisotopic (exact) mass is 821 g/mol. The molecule has 0 amide bonds. The number of hydrogen-bond donors (Lipinski definition) is 0. The third-order valence-electron chi connectivity index (χ3n) is 11.5. The summed E-state index contributed by atoms with van der Waals surface area (Å²) in [6.45, 7) is 20.3. The molecule has 0 saturated carbocycles. The molecule has 308 valence electrons. The number of halogens is 1. The molecule has 0 saturated heterocycles. The second-order valence-corrected chi connectivity index (χ2v) is 19.4. The number of nitrogens with zero attached hydrogens (tertiary/aromatic N) is 3. The van der Waals surface area contributed by atoms with Crippen LogP contribution in [-0.2, 0) is 16.2 Å². The van der Waals surface area contributed by atoms with Crippen molar-refractivity contribution >= 4 is 73.6 Å². The lowest BCUT2D eigenvalue weighted by Crippen LogP contribution is -2.19. The highest BCUT2D eigenvalue weighted by Crippen LogP contribution is 2.50. The van der Waals surface area contributed by atoms with E-state index in [1.54, 1.807) is 12.5 Å². The summed E-state index contributed by atoms with van der Waals surface area (Å²) in [5.41, 5.74) is 12.6. The van der Waals surface area contributed by atoms with Crippen LogP contribution in [0.15, 0.2) is 181 Å². The molecule has 0 atom stereocenters. The average molecular weight is 823 g/mol. The van der Waals surface area contributed by atoms with Crippen molar-refractivity contribution in [3.63, 3.8) is 0 Å². The van der Waals surface area contributed by atoms with Gasteiger partial charge in [-0.3, -0.25) is 0 Å². The Morgan fingerprint density at radius 3 is 1.18 bits per heavy atom. The topological polar surface area (TPSA) is 22.9 Å². The molecule has 0 N–H and O–H groups in total. The third kappa shape index (κ3) is 8.69. The molecule has 0 radical (unpaired) electrons. The van der Waals surface area contributed by atoms with Crippen molar-refractivity contribution in [1.82, 2.24) is 0 Å². The molecule has 0 spiro atoms. The molecular weight excluding hydrogens is 766 g/mol. The van der Waals surface area contributed by atoms with E-state index in [-0.39, 0.29) is 16.2 Å². The molecule has 0 aliphatic rings. The lowest BCUT2D eigenvalue weighted by molar-refractivity contribution is 0.572. The number of fused-ring (bicyclic) bond motifs is 1. The first-order chi connectivity index (χ1) is 29.1. The number of rotatable bonds is 9. The lowest BCUT2D eigenvalue weighted by Gasteiger charge is -2.34. The molecule has 4 nitrogen and oxygen atoms in total. The molecule has 1 heterocycles. The summed E-state index contributed by atoms with van der Waals surface area (Å²) in [5, 5.41) is 2.70. The van der Waals surface area contributed by atoms with E-state index in [2.05, 4.69) is 235 Å². The average Bonchev–Trinajstić information content (AvgIpc) is 3.71. The largest absolute Gasteiger partial charge is 0.471 e. The summed E-state index contributed by atoms with van der Waals surface area (Å²) < 4.78 is 5.61. The van der Waals surface area contributed by atoms with Crippen LogP contribution in [0.1, 0.15) is 79.0 Å². The van der Waals surface area contributed by atoms with Gasteiger partial charge in [0.25, 0.3) is 0 Å². The van der Waals surface area contributed by atoms with E-state index >= 15 is 0 Å². The SMILES string of the molecule is CC(C)(C)c1ccc(N(c2ccc(C(C)(C)C)cc2)c2cccc(N(c3ccccc3)c3cc(C(C)(C)C)cc(N(c4ccccc4)c4ccc5cocc5c4)c3Cl)c2)cc1. The zero-order valence-electron chi connectivity index (χ0n) is 36.9. The van der Waals surface area contributed by atoms with Crippen molar-refractivity contribution in [2.24, 2.45) is 0 Å². The van der Waals surface area contributed by atoms with E-state index < -0.39 is 0 Å². The molecular formula is C56H56ClN3O. The van der Waals surface area contributed by atoms with E-state index in [1.807, 2.05) is 6.07 Å². The van der Waals surface area contributed by atoms with Gasteiger partial charge in [0.15, 0.2) is 0 Å². The normalized spacial score (nSPS) is 12.1. The Labute approximate surface area is 367 Å². The van der Waals surface area contributed by atoms with Crippen LogP contribution in [0.25, 0.3) is 10.8 Å². The van der Waals surface area contributed by atoms with Gasteiger partial charge < -0.3 is 19.1 Å². The summed E-state index contributed by atoms with van der Waals surface area (Å²) in [4.78, 5) is 6.92. The van der Waals surface area contributed by atoms with Crippen LogP contribution in [0.2, 0.25) is 5.02 Å². The fourth-order valence-corrected chi connectivity index (χ4v) is 8.17. The molecule has 8 aromatic rings. The Kier molecular flexibility index (Phi) is 11.1. The number of furan rings is 1. The zero-order valence-corrected chi connectivity index (χ0v) is 37.6. The van der Waals surface area contributed by atoms with Crippen molar-refractivity contribution < 1.29 is 4.42 Å². The maximum atomic E-state index is 7.90. The Bertz CT molecular complexity index is 2700. The van der Waals surface area contributed by atoms with Crippen LogP contribution in [0, 0.1) is 0 Å². The van der Waals surface area contributed by atoms with Crippen LogP contribution < -0.4 is 14.7 Å². The summed E-state index contributed by atoms with van der Waals surface area (Å²) in [6.07, 6.45) is 3.58. The maximum Gasteiger partial charge on any atom is 0.0982 e. The Morgan fingerprint density at radius 1 is 0.344 bits per heavy atom. The predicted octanol–water partition coefficient (Wildman–Crippen LogP) is 17.4. The molecule has 1 aromatic heterocycles. The van der Waals surface area contributed by atoms with Crippen molar-refractivity contribution in [3.05, 3.63) is 198 Å². The van der Waals surface area contributed by atoms with E-state index in [0.29, 0.717) is 5.02 Å². The van der Waals surface area contributed by atoms with Gasteiger partial charge in [-0.05, 0) is 130 Å². The molecule has 7 aromatic carbocycles. The quantitative estimate of drug-likeness (QED) is 0.145. The van der Waals surface area contributed by atoms with Crippen molar-refractivity contribution in [2.45, 2.75) is 78.6 Å². The van der Waals surface area contributed by atoms with Crippen LogP contribution in [0.5, 0.6) is 0 Å². The minimum absolute atomic E-state index is 0.0373. The predicted molar refractivity (Wildman–Crippen MR) is 261 cm³/mol. The van der Waals surface area contributed by atoms with Crippen LogP contribution in [0.3, 0.4) is 0 Å². The maximum absolute atomic E-state index is 7.90. The number of benzene rings is 7. The van der Waals surface area contributed by atoms with Gasteiger partial charge in [-0.2, -0.15) is 0 Å². The van der Waals surface area contributed by atoms with Gasteiger partial charge in [-0.1, -0.05) is 141 Å². The summed E-state index contributed by atoms with van der Waals surface area (Å²) >= 11 is 7.90. The van der Waals surface area contributed by atoms with Gasteiger partial charge in [0.05, 0.1) is 28.9 Å². The molecule has 61 heavy (non-hydrogen) atoms. The highest BCUT2D eigenvalue weighted by molar-refractivity contribution is 6.36. The van der Waals surface area contributed by atoms with Crippen LogP contribution >= 0.6 is 11.6 Å². The lowest BCUT2D eigenvalue weighted by atomic mass is 9.86. The molecule has 0 aliphatic carbocycles. The van der Waals surface area contributed by atoms with Crippen molar-refractivity contribution in [3.8, 4) is 0 Å². The molecule has 0 unspecified atom stereocenters. The first kappa shape index (κ1) is 41.5. The van der Waals surface area contributed by atoms with Gasteiger partial charge in [-0.15, -0.1) is 0 Å². The van der Waals surface area contributed by atoms with E-state index in [0.717, 1.165) is 67.5 Å². The fraction of sp³-hybridized carbons (Fsp3) is 0.214. The Hall–Kier alpha value is -6.23. The standard InChI is InChI=1S/C56H56ClN3O/c1-54(2,3)41-24-29-46(30-25-41)58(47-31-26-42(27-32-47)55(4,5)6)48-21-16-22-49(36-48)59(44-17-12-10-13-18-44)51-34-43(56(7,8)9)35-52(53(51)57)60(45-19-14-11-15-20-45)50-28-23-39-37-61-38-40(39)33-50/h10-38H,1-9H3. The molecule has 5 heteroatoms. The van der Waals surface area contributed by atoms with Crippen molar-refractivity contribution in [1.29, 1.82) is 0 Å². The number of para-hydroxylation sites is 2. The molecule has 0 bridgehead atoms. The third-order valence-corrected chi connectivity index (χ3v) is 11.8.